The van der Waals surface area contributed by atoms with Crippen LogP contribution in [0.3, 0.4) is 0 Å². The molecule has 0 aliphatic rings. The summed E-state index contributed by atoms with van der Waals surface area (Å²) in [4.78, 5) is 11.7. The maximum absolute atomic E-state index is 11.7. The third-order valence-electron chi connectivity index (χ3n) is 2.71. The molecule has 0 aromatic heterocycles. The first-order valence-electron chi connectivity index (χ1n) is 6.82. The van der Waals surface area contributed by atoms with E-state index in [0.717, 1.165) is 19.2 Å². The van der Waals surface area contributed by atoms with Gasteiger partial charge in [0, 0.05) is 31.0 Å². The highest BCUT2D eigenvalue weighted by atomic mass is 32.2. The van der Waals surface area contributed by atoms with Gasteiger partial charge < -0.3 is 20.9 Å². The maximum atomic E-state index is 11.7. The first-order chi connectivity index (χ1) is 10.3. The molecule has 1 unspecified atom stereocenters. The fourth-order valence-electron chi connectivity index (χ4n) is 1.51. The molecule has 130 valence electrons. The van der Waals surface area contributed by atoms with Crippen molar-refractivity contribution in [1.29, 1.82) is 0 Å². The molecule has 0 aromatic rings. The van der Waals surface area contributed by atoms with Crippen molar-refractivity contribution in [2.24, 2.45) is 5.73 Å². The summed E-state index contributed by atoms with van der Waals surface area (Å²) in [7, 11) is -2.32. The molecular weight excluding hydrogens is 330 g/mol. The standard InChI is InChI=1S/C12H25N3O5S2/c1-10(14-6-4-8-22(18,19)20-2)9-11(13)12(16)15-5-3-7-21-17/h11,14,17H,1,3-9,13H2,2H3,(H,15,16). The molecule has 10 heteroatoms. The molecule has 0 saturated heterocycles. The van der Waals surface area contributed by atoms with Gasteiger partial charge in [-0.25, -0.2) is 0 Å². The maximum Gasteiger partial charge on any atom is 0.267 e. The SMILES string of the molecule is C=C(CC(N)C(=O)NCCCSO)NCCCS(=O)(=O)OC. The van der Waals surface area contributed by atoms with Crippen LogP contribution in [0.4, 0.5) is 0 Å². The Hall–Kier alpha value is -0.810. The van der Waals surface area contributed by atoms with Gasteiger partial charge in [-0.3, -0.25) is 8.98 Å². The topological polar surface area (TPSA) is 131 Å². The molecule has 0 rings (SSSR count). The van der Waals surface area contributed by atoms with Crippen LogP contribution in [0, 0.1) is 0 Å². The molecule has 0 aliphatic heterocycles. The van der Waals surface area contributed by atoms with E-state index in [1.807, 2.05) is 0 Å². The van der Waals surface area contributed by atoms with Crippen LogP contribution in [0.15, 0.2) is 12.3 Å². The number of carbonyl (C=O) groups excluding carboxylic acids is 1. The summed E-state index contributed by atoms with van der Waals surface area (Å²) in [5.41, 5.74) is 6.32. The average molecular weight is 355 g/mol. The van der Waals surface area contributed by atoms with E-state index in [0.29, 0.717) is 37.4 Å². The Bertz CT molecular complexity index is 442. The lowest BCUT2D eigenvalue weighted by atomic mass is 10.1. The van der Waals surface area contributed by atoms with Gasteiger partial charge in [-0.15, -0.1) is 0 Å². The van der Waals surface area contributed by atoms with Crippen molar-refractivity contribution < 1.29 is 21.9 Å². The van der Waals surface area contributed by atoms with Crippen molar-refractivity contribution in [2.75, 3.05) is 31.7 Å². The smallest absolute Gasteiger partial charge is 0.267 e. The predicted octanol–water partition coefficient (Wildman–Crippen LogP) is -0.114. The zero-order valence-electron chi connectivity index (χ0n) is 12.7. The quantitative estimate of drug-likeness (QED) is 0.204. The fourth-order valence-corrected chi connectivity index (χ4v) is 2.45. The first-order valence-corrected chi connectivity index (χ1v) is 9.34. The zero-order valence-corrected chi connectivity index (χ0v) is 14.3. The Morgan fingerprint density at radius 2 is 2.00 bits per heavy atom. The second-order valence-electron chi connectivity index (χ2n) is 4.60. The highest BCUT2D eigenvalue weighted by molar-refractivity contribution is 7.93. The van der Waals surface area contributed by atoms with E-state index in [1.54, 1.807) is 0 Å². The molecule has 5 N–H and O–H groups in total. The lowest BCUT2D eigenvalue weighted by Gasteiger charge is -2.15. The summed E-state index contributed by atoms with van der Waals surface area (Å²) in [6.07, 6.45) is 1.29. The fraction of sp³-hybridized carbons (Fsp3) is 0.750. The minimum Gasteiger partial charge on any atom is -0.389 e. The number of carbonyl (C=O) groups is 1. The van der Waals surface area contributed by atoms with E-state index in [1.165, 1.54) is 0 Å². The van der Waals surface area contributed by atoms with E-state index in [9.17, 15) is 13.2 Å². The highest BCUT2D eigenvalue weighted by Gasteiger charge is 2.14. The molecule has 0 fully saturated rings. The minimum absolute atomic E-state index is 0.0841. The normalized spacial score (nSPS) is 12.7. The summed E-state index contributed by atoms with van der Waals surface area (Å²) in [5.74, 6) is 0.181. The summed E-state index contributed by atoms with van der Waals surface area (Å²) in [6, 6.07) is -0.718. The number of nitrogens with one attached hydrogen (secondary N) is 2. The van der Waals surface area contributed by atoms with Crippen LogP contribution in [-0.2, 0) is 19.1 Å². The molecule has 1 amide bonds. The monoisotopic (exact) mass is 355 g/mol. The predicted molar refractivity (Wildman–Crippen MR) is 87.9 cm³/mol. The molecule has 0 aromatic carbocycles. The Morgan fingerprint density at radius 3 is 2.59 bits per heavy atom. The van der Waals surface area contributed by atoms with Crippen LogP contribution < -0.4 is 16.4 Å². The number of hydrogen-bond donors (Lipinski definition) is 4. The number of nitrogens with two attached hydrogens (primary N) is 1. The van der Waals surface area contributed by atoms with Crippen molar-refractivity contribution in [2.45, 2.75) is 25.3 Å². The van der Waals surface area contributed by atoms with Crippen molar-refractivity contribution in [3.63, 3.8) is 0 Å². The van der Waals surface area contributed by atoms with Gasteiger partial charge in [0.1, 0.15) is 0 Å². The van der Waals surface area contributed by atoms with E-state index < -0.39 is 16.2 Å². The second-order valence-corrected chi connectivity index (χ2v) is 7.12. The molecule has 0 radical (unpaired) electrons. The van der Waals surface area contributed by atoms with Crippen LogP contribution in [-0.4, -0.2) is 56.6 Å². The van der Waals surface area contributed by atoms with Gasteiger partial charge in [-0.2, -0.15) is 8.42 Å². The molecule has 22 heavy (non-hydrogen) atoms. The summed E-state index contributed by atoms with van der Waals surface area (Å²) >= 11 is 0.728. The van der Waals surface area contributed by atoms with Crippen LogP contribution in [0.1, 0.15) is 19.3 Å². The highest BCUT2D eigenvalue weighted by Crippen LogP contribution is 2.00. The van der Waals surface area contributed by atoms with Crippen molar-refractivity contribution in [3.8, 4) is 0 Å². The van der Waals surface area contributed by atoms with Gasteiger partial charge in [0.15, 0.2) is 0 Å². The Kier molecular flexibility index (Phi) is 11.3. The molecule has 0 bridgehead atoms. The van der Waals surface area contributed by atoms with Crippen molar-refractivity contribution in [1.82, 2.24) is 10.6 Å². The summed E-state index contributed by atoms with van der Waals surface area (Å²) < 4.78 is 35.1. The van der Waals surface area contributed by atoms with Crippen LogP contribution in [0.5, 0.6) is 0 Å². The first kappa shape index (κ1) is 21.2. The molecular formula is C12H25N3O5S2. The van der Waals surface area contributed by atoms with Gasteiger partial charge in [0.05, 0.1) is 18.9 Å². The van der Waals surface area contributed by atoms with Gasteiger partial charge in [-0.05, 0) is 24.9 Å². The minimum atomic E-state index is -3.45. The lowest BCUT2D eigenvalue weighted by molar-refractivity contribution is -0.122. The van der Waals surface area contributed by atoms with Crippen LogP contribution >= 0.6 is 12.0 Å². The summed E-state index contributed by atoms with van der Waals surface area (Å²) in [6.45, 7) is 4.61. The lowest BCUT2D eigenvalue weighted by Crippen LogP contribution is -2.42. The number of amides is 1. The Balaban J connectivity index is 3.83. The average Bonchev–Trinajstić information content (AvgIpc) is 2.48. The van der Waals surface area contributed by atoms with E-state index in [-0.39, 0.29) is 18.1 Å². The van der Waals surface area contributed by atoms with Crippen LogP contribution in [0.2, 0.25) is 0 Å². The van der Waals surface area contributed by atoms with E-state index in [2.05, 4.69) is 21.4 Å². The van der Waals surface area contributed by atoms with Gasteiger partial charge in [-0.1, -0.05) is 6.58 Å². The molecule has 8 nitrogen and oxygen atoms in total. The second kappa shape index (κ2) is 11.7. The Morgan fingerprint density at radius 1 is 1.36 bits per heavy atom. The zero-order chi connectivity index (χ0) is 17.0. The summed E-state index contributed by atoms with van der Waals surface area (Å²) in [5, 5.41) is 5.59. The molecule has 1 atom stereocenters. The third-order valence-corrected chi connectivity index (χ3v) is 4.48. The third kappa shape index (κ3) is 10.9. The Labute approximate surface area is 136 Å². The van der Waals surface area contributed by atoms with E-state index in [4.69, 9.17) is 10.3 Å². The molecule has 0 heterocycles. The van der Waals surface area contributed by atoms with E-state index >= 15 is 0 Å². The molecule has 0 saturated carbocycles. The number of hydrogen-bond acceptors (Lipinski definition) is 8. The van der Waals surface area contributed by atoms with Gasteiger partial charge >= 0.3 is 0 Å². The van der Waals surface area contributed by atoms with Gasteiger partial charge in [0.25, 0.3) is 10.1 Å². The number of rotatable bonds is 13. The van der Waals surface area contributed by atoms with Crippen molar-refractivity contribution in [3.05, 3.63) is 12.3 Å². The van der Waals surface area contributed by atoms with Crippen molar-refractivity contribution >= 4 is 28.1 Å². The molecule has 0 spiro atoms. The van der Waals surface area contributed by atoms with Gasteiger partial charge in [0.2, 0.25) is 5.91 Å². The van der Waals surface area contributed by atoms with Crippen LogP contribution in [0.25, 0.3) is 0 Å². The molecule has 0 aliphatic carbocycles. The largest absolute Gasteiger partial charge is 0.389 e.